The smallest absolute Gasteiger partial charge is 0.469 e. The van der Waals surface area contributed by atoms with E-state index in [0.717, 1.165) is 30.6 Å². The minimum absolute atomic E-state index is 0.255. The monoisotopic (exact) mass is 355 g/mol. The minimum atomic E-state index is -5.02. The quantitative estimate of drug-likeness (QED) is 0.730. The molecule has 0 fully saturated rings. The molecule has 0 aliphatic rings. The fraction of sp³-hybridized carbons (Fsp3) is 0.462. The summed E-state index contributed by atoms with van der Waals surface area (Å²) in [6.45, 7) is 1.19. The predicted molar refractivity (Wildman–Crippen MR) is 74.1 cm³/mol. The van der Waals surface area contributed by atoms with E-state index < -0.39 is 38.9 Å². The highest BCUT2D eigenvalue weighted by atomic mass is 32.2. The number of carbonyl (C=O) groups excluding carboxylic acids is 1. The van der Waals surface area contributed by atoms with Crippen molar-refractivity contribution in [1.82, 2.24) is 4.31 Å². The van der Waals surface area contributed by atoms with Gasteiger partial charge in [0.2, 0.25) is 10.0 Å². The number of ether oxygens (including phenoxy) is 2. The van der Waals surface area contributed by atoms with E-state index in [1.54, 1.807) is 0 Å². The SMILES string of the molecule is COC(=O)C(C)CN(C)S(=O)(=O)c1ccccc1OC(F)(F)F. The number of nitrogens with zero attached hydrogens (tertiary/aromatic N) is 1. The maximum atomic E-state index is 12.4. The van der Waals surface area contributed by atoms with Gasteiger partial charge in [0.1, 0.15) is 10.6 Å². The number of rotatable bonds is 6. The number of hydrogen-bond acceptors (Lipinski definition) is 5. The number of para-hydroxylation sites is 1. The van der Waals surface area contributed by atoms with E-state index in [0.29, 0.717) is 0 Å². The number of halogens is 3. The van der Waals surface area contributed by atoms with E-state index in [9.17, 15) is 26.4 Å². The standard InChI is InChI=1S/C13H16F3NO5S/c1-9(12(18)21-3)8-17(2)23(19,20)11-7-5-4-6-10(11)22-13(14,15)16/h4-7,9H,8H2,1-3H3. The van der Waals surface area contributed by atoms with E-state index in [2.05, 4.69) is 9.47 Å². The first-order chi connectivity index (χ1) is 10.5. The Morgan fingerprint density at radius 3 is 2.39 bits per heavy atom. The zero-order valence-electron chi connectivity index (χ0n) is 12.6. The summed E-state index contributed by atoms with van der Waals surface area (Å²) in [4.78, 5) is 10.7. The second-order valence-electron chi connectivity index (χ2n) is 4.70. The molecule has 0 amide bonds. The molecule has 130 valence electrons. The Labute approximate surface area is 131 Å². The van der Waals surface area contributed by atoms with Gasteiger partial charge in [0.15, 0.2) is 0 Å². The van der Waals surface area contributed by atoms with Gasteiger partial charge in [-0.05, 0) is 12.1 Å². The van der Waals surface area contributed by atoms with E-state index in [1.165, 1.54) is 19.1 Å². The van der Waals surface area contributed by atoms with Crippen molar-refractivity contribution in [1.29, 1.82) is 0 Å². The lowest BCUT2D eigenvalue weighted by Crippen LogP contribution is -2.34. The molecule has 0 aliphatic carbocycles. The van der Waals surface area contributed by atoms with Crippen LogP contribution in [0.2, 0.25) is 0 Å². The van der Waals surface area contributed by atoms with Crippen molar-refractivity contribution in [3.63, 3.8) is 0 Å². The summed E-state index contributed by atoms with van der Waals surface area (Å²) in [5.41, 5.74) is 0. The van der Waals surface area contributed by atoms with Crippen molar-refractivity contribution < 1.29 is 35.9 Å². The first-order valence-electron chi connectivity index (χ1n) is 6.38. The van der Waals surface area contributed by atoms with Crippen molar-refractivity contribution in [2.75, 3.05) is 20.7 Å². The number of sulfonamides is 1. The number of esters is 1. The highest BCUT2D eigenvalue weighted by molar-refractivity contribution is 7.89. The topological polar surface area (TPSA) is 72.9 Å². The average molecular weight is 355 g/mol. The summed E-state index contributed by atoms with van der Waals surface area (Å²) in [6, 6.07) is 4.39. The summed E-state index contributed by atoms with van der Waals surface area (Å²) in [7, 11) is -1.97. The fourth-order valence-electron chi connectivity index (χ4n) is 1.80. The van der Waals surface area contributed by atoms with Crippen molar-refractivity contribution >= 4 is 16.0 Å². The number of methoxy groups -OCH3 is 1. The van der Waals surface area contributed by atoms with Gasteiger partial charge in [-0.15, -0.1) is 13.2 Å². The van der Waals surface area contributed by atoms with E-state index in [-0.39, 0.29) is 6.54 Å². The summed E-state index contributed by atoms with van der Waals surface area (Å²) >= 11 is 0. The van der Waals surface area contributed by atoms with Gasteiger partial charge < -0.3 is 9.47 Å². The zero-order valence-corrected chi connectivity index (χ0v) is 13.4. The van der Waals surface area contributed by atoms with Crippen LogP contribution in [0.1, 0.15) is 6.92 Å². The number of benzene rings is 1. The molecule has 0 saturated carbocycles. The zero-order chi connectivity index (χ0) is 17.8. The lowest BCUT2D eigenvalue weighted by Gasteiger charge is -2.21. The first-order valence-corrected chi connectivity index (χ1v) is 7.82. The normalized spacial score (nSPS) is 13.7. The van der Waals surface area contributed by atoms with Gasteiger partial charge in [0.25, 0.3) is 0 Å². The van der Waals surface area contributed by atoms with Crippen LogP contribution in [-0.2, 0) is 19.6 Å². The summed E-state index contributed by atoms with van der Waals surface area (Å²) in [5, 5.41) is 0. The number of alkyl halides is 3. The van der Waals surface area contributed by atoms with Gasteiger partial charge in [0, 0.05) is 13.6 Å². The maximum absolute atomic E-state index is 12.4. The first kappa shape index (κ1) is 19.2. The Morgan fingerprint density at radius 2 is 1.87 bits per heavy atom. The van der Waals surface area contributed by atoms with Gasteiger partial charge in [-0.1, -0.05) is 19.1 Å². The molecule has 1 aromatic carbocycles. The molecule has 0 aromatic heterocycles. The van der Waals surface area contributed by atoms with Gasteiger partial charge in [0.05, 0.1) is 13.0 Å². The largest absolute Gasteiger partial charge is 0.573 e. The van der Waals surface area contributed by atoms with Gasteiger partial charge in [-0.25, -0.2) is 8.42 Å². The highest BCUT2D eigenvalue weighted by Gasteiger charge is 2.35. The third-order valence-corrected chi connectivity index (χ3v) is 4.76. The molecule has 23 heavy (non-hydrogen) atoms. The highest BCUT2D eigenvalue weighted by Crippen LogP contribution is 2.31. The molecule has 1 aromatic rings. The minimum Gasteiger partial charge on any atom is -0.469 e. The van der Waals surface area contributed by atoms with E-state index in [4.69, 9.17) is 0 Å². The van der Waals surface area contributed by atoms with Crippen molar-refractivity contribution in [2.24, 2.45) is 5.92 Å². The molecule has 0 N–H and O–H groups in total. The molecular weight excluding hydrogens is 339 g/mol. The van der Waals surface area contributed by atoms with Gasteiger partial charge in [-0.2, -0.15) is 4.31 Å². The summed E-state index contributed by atoms with van der Waals surface area (Å²) in [6.07, 6.45) is -5.02. The summed E-state index contributed by atoms with van der Waals surface area (Å²) in [5.74, 6) is -2.25. The van der Waals surface area contributed by atoms with Crippen LogP contribution < -0.4 is 4.74 Å². The third kappa shape index (κ3) is 5.10. The Balaban J connectivity index is 3.11. The molecule has 1 unspecified atom stereocenters. The molecule has 0 heterocycles. The van der Waals surface area contributed by atoms with Crippen LogP contribution in [0.3, 0.4) is 0 Å². The van der Waals surface area contributed by atoms with Crippen LogP contribution in [0.5, 0.6) is 5.75 Å². The van der Waals surface area contributed by atoms with Crippen LogP contribution in [0.25, 0.3) is 0 Å². The van der Waals surface area contributed by atoms with E-state index in [1.807, 2.05) is 0 Å². The number of carbonyl (C=O) groups is 1. The molecule has 10 heteroatoms. The lowest BCUT2D eigenvalue weighted by atomic mass is 10.2. The predicted octanol–water partition coefficient (Wildman–Crippen LogP) is 2.01. The van der Waals surface area contributed by atoms with Crippen LogP contribution >= 0.6 is 0 Å². The van der Waals surface area contributed by atoms with Crippen molar-refractivity contribution in [3.05, 3.63) is 24.3 Å². The van der Waals surface area contributed by atoms with Gasteiger partial charge >= 0.3 is 12.3 Å². The van der Waals surface area contributed by atoms with Crippen LogP contribution in [0.15, 0.2) is 29.2 Å². The van der Waals surface area contributed by atoms with Crippen molar-refractivity contribution in [2.45, 2.75) is 18.2 Å². The van der Waals surface area contributed by atoms with Crippen LogP contribution in [0.4, 0.5) is 13.2 Å². The third-order valence-electron chi connectivity index (χ3n) is 2.90. The molecule has 0 spiro atoms. The average Bonchev–Trinajstić information content (AvgIpc) is 2.44. The Kier molecular flexibility index (Phi) is 6.00. The molecule has 0 aliphatic heterocycles. The Morgan fingerprint density at radius 1 is 1.30 bits per heavy atom. The van der Waals surface area contributed by atoms with Gasteiger partial charge in [-0.3, -0.25) is 4.79 Å². The molecule has 0 bridgehead atoms. The molecular formula is C13H16F3NO5S. The Hall–Kier alpha value is -1.81. The molecule has 0 radical (unpaired) electrons. The molecule has 6 nitrogen and oxygen atoms in total. The molecule has 0 saturated heterocycles. The lowest BCUT2D eigenvalue weighted by molar-refractivity contribution is -0.275. The van der Waals surface area contributed by atoms with E-state index >= 15 is 0 Å². The van der Waals surface area contributed by atoms with Crippen LogP contribution in [0, 0.1) is 5.92 Å². The Bertz CT molecular complexity index is 660. The second kappa shape index (κ2) is 7.18. The maximum Gasteiger partial charge on any atom is 0.573 e. The van der Waals surface area contributed by atoms with Crippen LogP contribution in [-0.4, -0.2) is 45.8 Å². The second-order valence-corrected chi connectivity index (χ2v) is 6.72. The molecule has 1 rings (SSSR count). The number of hydrogen-bond donors (Lipinski definition) is 0. The van der Waals surface area contributed by atoms with Crippen molar-refractivity contribution in [3.8, 4) is 5.75 Å². The molecule has 1 atom stereocenters. The summed E-state index contributed by atoms with van der Waals surface area (Å²) < 4.78 is 71.0. The fourth-order valence-corrected chi connectivity index (χ4v) is 3.17.